The van der Waals surface area contributed by atoms with E-state index in [4.69, 9.17) is 9.84 Å². The largest absolute Gasteiger partial charge is 0.471 e. The lowest BCUT2D eigenvalue weighted by Gasteiger charge is -2.13. The van der Waals surface area contributed by atoms with Crippen molar-refractivity contribution in [3.05, 3.63) is 47.5 Å². The van der Waals surface area contributed by atoms with E-state index >= 15 is 0 Å². The Kier molecular flexibility index (Phi) is 7.31. The molecule has 11 heteroatoms. The summed E-state index contributed by atoms with van der Waals surface area (Å²) in [4.78, 5) is 20.5. The maximum Gasteiger partial charge on any atom is 0.278 e. The van der Waals surface area contributed by atoms with E-state index in [1.54, 1.807) is 42.3 Å². The van der Waals surface area contributed by atoms with Crippen molar-refractivity contribution < 1.29 is 28.5 Å². The van der Waals surface area contributed by atoms with E-state index in [0.717, 1.165) is 12.5 Å². The number of pyridine rings is 2. The van der Waals surface area contributed by atoms with Crippen molar-refractivity contribution in [2.45, 2.75) is 38.8 Å². The molecule has 172 valence electrons. The van der Waals surface area contributed by atoms with Crippen molar-refractivity contribution in [2.75, 3.05) is 19.8 Å². The zero-order valence-electron chi connectivity index (χ0n) is 17.8. The zero-order valence-corrected chi connectivity index (χ0v) is 17.8. The second-order valence-electron chi connectivity index (χ2n) is 7.66. The fourth-order valence-electron chi connectivity index (χ4n) is 3.02. The summed E-state index contributed by atoms with van der Waals surface area (Å²) in [6.07, 6.45) is 3.85. The van der Waals surface area contributed by atoms with E-state index in [-0.39, 0.29) is 24.8 Å². The van der Waals surface area contributed by atoms with E-state index < -0.39 is 25.2 Å². The lowest BCUT2D eigenvalue weighted by atomic mass is 10.2. The molecule has 0 aromatic carbocycles. The summed E-state index contributed by atoms with van der Waals surface area (Å²) in [6, 6.07) is 3.52. The molecule has 1 atom stereocenters. The Balaban J connectivity index is 1.70. The first-order chi connectivity index (χ1) is 15.1. The molecule has 3 aromatic rings. The van der Waals surface area contributed by atoms with Gasteiger partial charge in [-0.15, -0.1) is 0 Å². The minimum Gasteiger partial charge on any atom is -0.471 e. The number of hydrogen-bond donors (Lipinski definition) is 3. The number of amides is 1. The Morgan fingerprint density at radius 3 is 2.84 bits per heavy atom. The van der Waals surface area contributed by atoms with Gasteiger partial charge in [0.25, 0.3) is 5.92 Å². The third-order valence-corrected chi connectivity index (χ3v) is 4.53. The van der Waals surface area contributed by atoms with Gasteiger partial charge in [-0.1, -0.05) is 0 Å². The van der Waals surface area contributed by atoms with E-state index in [9.17, 15) is 18.7 Å². The number of aliphatic hydroxyl groups is 2. The number of rotatable bonds is 10. The van der Waals surface area contributed by atoms with Crippen LogP contribution < -0.4 is 10.1 Å². The van der Waals surface area contributed by atoms with E-state index in [1.807, 2.05) is 0 Å². The molecule has 3 aromatic heterocycles. The smallest absolute Gasteiger partial charge is 0.278 e. The lowest BCUT2D eigenvalue weighted by Crippen LogP contribution is -2.34. The number of nitrogens with zero attached hydrogens (tertiary/aromatic N) is 4. The summed E-state index contributed by atoms with van der Waals surface area (Å²) in [5.41, 5.74) is 2.63. The number of aromatic nitrogens is 4. The highest BCUT2D eigenvalue weighted by atomic mass is 19.3. The summed E-state index contributed by atoms with van der Waals surface area (Å²) >= 11 is 0. The van der Waals surface area contributed by atoms with Gasteiger partial charge in [0.15, 0.2) is 6.61 Å². The van der Waals surface area contributed by atoms with Gasteiger partial charge in [0, 0.05) is 43.0 Å². The minimum absolute atomic E-state index is 0.00402. The maximum absolute atomic E-state index is 13.0. The Bertz CT molecular complexity index is 1080. The summed E-state index contributed by atoms with van der Waals surface area (Å²) in [5.74, 6) is -3.12. The standard InChI is InChI=1S/C21H25F2N5O4/c1-13-5-14(7-26-20(13)32-12-21(2,22)23)9-28-10-16-17(27-28)3-4-24-18(16)6-19(31)25-8-15(30)11-29/h3-5,7,10,15,29-30H,6,8-9,11-12H2,1-2H3,(H,25,31)/t15-/m1/s1. The summed E-state index contributed by atoms with van der Waals surface area (Å²) in [6.45, 7) is 1.66. The molecule has 1 amide bonds. The predicted octanol–water partition coefficient (Wildman–Crippen LogP) is 1.23. The van der Waals surface area contributed by atoms with Crippen LogP contribution >= 0.6 is 0 Å². The van der Waals surface area contributed by atoms with Gasteiger partial charge in [0.2, 0.25) is 11.8 Å². The molecule has 0 aliphatic rings. The molecular weight excluding hydrogens is 424 g/mol. The second-order valence-corrected chi connectivity index (χ2v) is 7.66. The Labute approximate surface area is 183 Å². The Morgan fingerprint density at radius 1 is 1.38 bits per heavy atom. The predicted molar refractivity (Wildman–Crippen MR) is 112 cm³/mol. The van der Waals surface area contributed by atoms with Crippen LogP contribution in [0.4, 0.5) is 8.78 Å². The first-order valence-corrected chi connectivity index (χ1v) is 9.97. The van der Waals surface area contributed by atoms with Crippen molar-refractivity contribution in [1.82, 2.24) is 25.1 Å². The second kappa shape index (κ2) is 9.96. The molecular formula is C21H25F2N5O4. The van der Waals surface area contributed by atoms with Crippen LogP contribution in [-0.2, 0) is 17.8 Å². The van der Waals surface area contributed by atoms with E-state index in [0.29, 0.717) is 28.7 Å². The SMILES string of the molecule is Cc1cc(Cn2cc3c(CC(=O)NC[C@@H](O)CO)nccc3n2)cnc1OCC(C)(F)F. The number of aliphatic hydroxyl groups excluding tert-OH is 2. The average molecular weight is 449 g/mol. The number of carbonyl (C=O) groups is 1. The number of hydrogen-bond acceptors (Lipinski definition) is 7. The minimum atomic E-state index is -2.94. The molecule has 0 aliphatic heterocycles. The monoisotopic (exact) mass is 449 g/mol. The third kappa shape index (κ3) is 6.41. The van der Waals surface area contributed by atoms with Crippen LogP contribution in [0.2, 0.25) is 0 Å². The van der Waals surface area contributed by atoms with Crippen molar-refractivity contribution in [2.24, 2.45) is 0 Å². The number of fused-ring (bicyclic) bond motifs is 1. The van der Waals surface area contributed by atoms with Crippen molar-refractivity contribution in [3.63, 3.8) is 0 Å². The quantitative estimate of drug-likeness (QED) is 0.426. The van der Waals surface area contributed by atoms with Crippen molar-refractivity contribution in [1.29, 1.82) is 0 Å². The Morgan fingerprint density at radius 2 is 2.16 bits per heavy atom. The van der Waals surface area contributed by atoms with Gasteiger partial charge in [-0.25, -0.2) is 13.8 Å². The van der Waals surface area contributed by atoms with Crippen LogP contribution in [0, 0.1) is 6.92 Å². The molecule has 9 nitrogen and oxygen atoms in total. The van der Waals surface area contributed by atoms with Crippen LogP contribution in [0.3, 0.4) is 0 Å². The van der Waals surface area contributed by atoms with E-state index in [2.05, 4.69) is 20.4 Å². The molecule has 0 radical (unpaired) electrons. The molecule has 3 N–H and O–H groups in total. The summed E-state index contributed by atoms with van der Waals surface area (Å²) in [5, 5.41) is 25.9. The molecule has 0 saturated carbocycles. The molecule has 3 rings (SSSR count). The number of nitrogens with one attached hydrogen (secondary N) is 1. The molecule has 3 heterocycles. The van der Waals surface area contributed by atoms with Gasteiger partial charge < -0.3 is 20.3 Å². The highest BCUT2D eigenvalue weighted by Gasteiger charge is 2.23. The molecule has 0 saturated heterocycles. The van der Waals surface area contributed by atoms with Gasteiger partial charge >= 0.3 is 0 Å². The molecule has 32 heavy (non-hydrogen) atoms. The van der Waals surface area contributed by atoms with Crippen LogP contribution in [-0.4, -0.2) is 67.7 Å². The van der Waals surface area contributed by atoms with Gasteiger partial charge in [-0.2, -0.15) is 5.10 Å². The topological polar surface area (TPSA) is 122 Å². The number of carbonyl (C=O) groups excluding carboxylic acids is 1. The maximum atomic E-state index is 13.0. The molecule has 0 spiro atoms. The highest BCUT2D eigenvalue weighted by molar-refractivity contribution is 5.86. The van der Waals surface area contributed by atoms with Gasteiger partial charge in [-0.05, 0) is 24.6 Å². The Hall–Kier alpha value is -3.18. The molecule has 0 fully saturated rings. The lowest BCUT2D eigenvalue weighted by molar-refractivity contribution is -0.121. The van der Waals surface area contributed by atoms with Crippen molar-refractivity contribution >= 4 is 16.8 Å². The molecule has 0 unspecified atom stereocenters. The number of aryl methyl sites for hydroxylation is 1. The average Bonchev–Trinajstić information content (AvgIpc) is 3.14. The fraction of sp³-hybridized carbons (Fsp3) is 0.429. The van der Waals surface area contributed by atoms with Crippen LogP contribution in [0.15, 0.2) is 30.7 Å². The number of ether oxygens (including phenoxy) is 1. The molecule has 0 bridgehead atoms. The van der Waals surface area contributed by atoms with Crippen LogP contribution in [0.5, 0.6) is 5.88 Å². The normalized spacial score (nSPS) is 12.7. The highest BCUT2D eigenvalue weighted by Crippen LogP contribution is 2.21. The van der Waals surface area contributed by atoms with Crippen molar-refractivity contribution in [3.8, 4) is 5.88 Å². The summed E-state index contributed by atoms with van der Waals surface area (Å²) in [7, 11) is 0. The number of halogens is 2. The first-order valence-electron chi connectivity index (χ1n) is 9.97. The van der Waals surface area contributed by atoms with Gasteiger partial charge in [-0.3, -0.25) is 14.5 Å². The van der Waals surface area contributed by atoms with Gasteiger partial charge in [0.1, 0.15) is 0 Å². The summed E-state index contributed by atoms with van der Waals surface area (Å²) < 4.78 is 32.8. The van der Waals surface area contributed by atoms with E-state index in [1.165, 1.54) is 0 Å². The number of alkyl halides is 2. The molecule has 0 aliphatic carbocycles. The zero-order chi connectivity index (χ0) is 23.3. The van der Waals surface area contributed by atoms with Gasteiger partial charge in [0.05, 0.1) is 36.9 Å². The first kappa shape index (κ1) is 23.5. The third-order valence-electron chi connectivity index (χ3n) is 4.53. The van der Waals surface area contributed by atoms with Crippen LogP contribution in [0.1, 0.15) is 23.7 Å². The fourth-order valence-corrected chi connectivity index (χ4v) is 3.02. The van der Waals surface area contributed by atoms with Crippen LogP contribution in [0.25, 0.3) is 10.9 Å².